The molecule has 2 atom stereocenters. The predicted octanol–water partition coefficient (Wildman–Crippen LogP) is 1.63. The Kier molecular flexibility index (Phi) is 4.55. The number of morpholine rings is 1. The van der Waals surface area contributed by atoms with Gasteiger partial charge in [-0.05, 0) is 38.5 Å². The fraction of sp³-hybridized carbons (Fsp3) is 0.500. The number of carbonyl (C=O) groups is 1. The second-order valence-electron chi connectivity index (χ2n) is 5.48. The van der Waals surface area contributed by atoms with Gasteiger partial charge in [-0.15, -0.1) is 0 Å². The lowest BCUT2D eigenvalue weighted by atomic mass is 10.1. The lowest BCUT2D eigenvalue weighted by Crippen LogP contribution is -2.48. The van der Waals surface area contributed by atoms with Crippen LogP contribution in [0, 0.1) is 12.7 Å². The third-order valence-electron chi connectivity index (χ3n) is 3.50. The molecule has 1 aromatic rings. The molecule has 0 aliphatic carbocycles. The van der Waals surface area contributed by atoms with E-state index in [0.29, 0.717) is 0 Å². The normalized spacial score (nSPS) is 23.5. The number of ether oxygens (including phenoxy) is 1. The van der Waals surface area contributed by atoms with Gasteiger partial charge in [0.2, 0.25) is 10.0 Å². The van der Waals surface area contributed by atoms with Crippen LogP contribution in [0.3, 0.4) is 0 Å². The van der Waals surface area contributed by atoms with Crippen molar-refractivity contribution in [1.82, 2.24) is 4.31 Å². The molecule has 0 radical (unpaired) electrons. The molecule has 22 heavy (non-hydrogen) atoms. The highest BCUT2D eigenvalue weighted by atomic mass is 32.2. The zero-order valence-corrected chi connectivity index (χ0v) is 13.4. The fourth-order valence-electron chi connectivity index (χ4n) is 2.56. The smallest absolute Gasteiger partial charge is 0.338 e. The molecular formula is C14H18FNO5S. The lowest BCUT2D eigenvalue weighted by Gasteiger charge is -2.34. The number of carboxylic acids is 1. The molecule has 0 amide bonds. The van der Waals surface area contributed by atoms with Crippen LogP contribution in [0.2, 0.25) is 0 Å². The SMILES string of the molecule is Cc1cc(F)c(C(=O)O)cc1S(=O)(=O)N1CC(C)OC(C)C1. The molecule has 8 heteroatoms. The highest BCUT2D eigenvalue weighted by molar-refractivity contribution is 7.89. The minimum Gasteiger partial charge on any atom is -0.478 e. The number of hydrogen-bond donors (Lipinski definition) is 1. The molecule has 1 aliphatic rings. The first-order valence-corrected chi connectivity index (χ1v) is 8.26. The second-order valence-corrected chi connectivity index (χ2v) is 7.39. The molecule has 1 fully saturated rings. The molecule has 122 valence electrons. The van der Waals surface area contributed by atoms with Gasteiger partial charge in [0, 0.05) is 13.1 Å². The van der Waals surface area contributed by atoms with Gasteiger partial charge in [-0.2, -0.15) is 4.31 Å². The van der Waals surface area contributed by atoms with Gasteiger partial charge in [-0.1, -0.05) is 0 Å². The quantitative estimate of drug-likeness (QED) is 0.910. The van der Waals surface area contributed by atoms with Gasteiger partial charge in [0.25, 0.3) is 0 Å². The Balaban J connectivity index is 2.49. The lowest BCUT2D eigenvalue weighted by molar-refractivity contribution is -0.0441. The van der Waals surface area contributed by atoms with E-state index in [4.69, 9.17) is 9.84 Å². The Hall–Kier alpha value is -1.51. The number of rotatable bonds is 3. The molecule has 0 bridgehead atoms. The zero-order chi connectivity index (χ0) is 16.7. The molecule has 1 heterocycles. The molecule has 6 nitrogen and oxygen atoms in total. The first-order chi connectivity index (χ1) is 10.1. The Morgan fingerprint density at radius 1 is 1.32 bits per heavy atom. The van der Waals surface area contributed by atoms with Gasteiger partial charge in [0.05, 0.1) is 22.7 Å². The van der Waals surface area contributed by atoms with Crippen LogP contribution in [0.15, 0.2) is 17.0 Å². The topological polar surface area (TPSA) is 83.9 Å². The average molecular weight is 331 g/mol. The number of nitrogens with zero attached hydrogens (tertiary/aromatic N) is 1. The van der Waals surface area contributed by atoms with E-state index >= 15 is 0 Å². The third kappa shape index (κ3) is 3.13. The van der Waals surface area contributed by atoms with Crippen LogP contribution in [0.1, 0.15) is 29.8 Å². The van der Waals surface area contributed by atoms with E-state index in [9.17, 15) is 17.6 Å². The number of halogens is 1. The van der Waals surface area contributed by atoms with Crippen LogP contribution in [-0.4, -0.2) is 49.1 Å². The Labute approximate surface area is 128 Å². The van der Waals surface area contributed by atoms with Crippen molar-refractivity contribution in [1.29, 1.82) is 0 Å². The Morgan fingerprint density at radius 3 is 2.36 bits per heavy atom. The largest absolute Gasteiger partial charge is 0.478 e. The summed E-state index contributed by atoms with van der Waals surface area (Å²) in [6.07, 6.45) is -0.531. The first-order valence-electron chi connectivity index (χ1n) is 6.82. The summed E-state index contributed by atoms with van der Waals surface area (Å²) in [6, 6.07) is 1.82. The van der Waals surface area contributed by atoms with E-state index < -0.39 is 27.4 Å². The summed E-state index contributed by atoms with van der Waals surface area (Å²) in [6.45, 7) is 5.31. The Morgan fingerprint density at radius 2 is 1.86 bits per heavy atom. The minimum absolute atomic E-state index is 0.173. The van der Waals surface area contributed by atoms with Gasteiger partial charge in [-0.25, -0.2) is 17.6 Å². The monoisotopic (exact) mass is 331 g/mol. The zero-order valence-electron chi connectivity index (χ0n) is 12.5. The van der Waals surface area contributed by atoms with Crippen molar-refractivity contribution in [2.75, 3.05) is 13.1 Å². The summed E-state index contributed by atoms with van der Waals surface area (Å²) in [5, 5.41) is 8.97. The van der Waals surface area contributed by atoms with Crippen molar-refractivity contribution in [3.63, 3.8) is 0 Å². The van der Waals surface area contributed by atoms with Crippen molar-refractivity contribution < 1.29 is 27.4 Å². The summed E-state index contributed by atoms with van der Waals surface area (Å²) in [5.41, 5.74) is -0.479. The van der Waals surface area contributed by atoms with Crippen molar-refractivity contribution in [2.24, 2.45) is 0 Å². The van der Waals surface area contributed by atoms with E-state index in [2.05, 4.69) is 0 Å². The van der Waals surface area contributed by atoms with Gasteiger partial charge in [0.15, 0.2) is 0 Å². The molecule has 1 aromatic carbocycles. The summed E-state index contributed by atoms with van der Waals surface area (Å²) < 4.78 is 45.9. The van der Waals surface area contributed by atoms with Crippen LogP contribution >= 0.6 is 0 Å². The maximum Gasteiger partial charge on any atom is 0.338 e. The van der Waals surface area contributed by atoms with E-state index in [1.54, 1.807) is 13.8 Å². The van der Waals surface area contributed by atoms with Crippen molar-refractivity contribution in [3.05, 3.63) is 29.1 Å². The number of carboxylic acid groups (broad SMARTS) is 1. The molecule has 0 spiro atoms. The van der Waals surface area contributed by atoms with Crippen molar-refractivity contribution >= 4 is 16.0 Å². The van der Waals surface area contributed by atoms with Crippen LogP contribution in [0.5, 0.6) is 0 Å². The number of aryl methyl sites for hydroxylation is 1. The fourth-order valence-corrected chi connectivity index (χ4v) is 4.38. The number of aromatic carboxylic acids is 1. The van der Waals surface area contributed by atoms with Gasteiger partial charge in [0.1, 0.15) is 5.82 Å². The molecule has 0 saturated carbocycles. The molecule has 1 aliphatic heterocycles. The molecule has 0 aromatic heterocycles. The second kappa shape index (κ2) is 5.94. The van der Waals surface area contributed by atoms with Gasteiger partial charge >= 0.3 is 5.97 Å². The first kappa shape index (κ1) is 16.9. The number of hydrogen-bond acceptors (Lipinski definition) is 4. The average Bonchev–Trinajstić information content (AvgIpc) is 2.36. The van der Waals surface area contributed by atoms with E-state index in [-0.39, 0.29) is 35.8 Å². The number of benzene rings is 1. The molecule has 2 unspecified atom stereocenters. The van der Waals surface area contributed by atoms with Crippen LogP contribution in [-0.2, 0) is 14.8 Å². The van der Waals surface area contributed by atoms with Gasteiger partial charge in [-0.3, -0.25) is 0 Å². The predicted molar refractivity (Wildman–Crippen MR) is 76.9 cm³/mol. The molecule has 1 N–H and O–H groups in total. The molecule has 1 saturated heterocycles. The Bertz CT molecular complexity index is 693. The van der Waals surface area contributed by atoms with Gasteiger partial charge < -0.3 is 9.84 Å². The molecule has 2 rings (SSSR count). The minimum atomic E-state index is -3.91. The van der Waals surface area contributed by atoms with E-state index in [1.165, 1.54) is 11.2 Å². The van der Waals surface area contributed by atoms with Crippen LogP contribution in [0.25, 0.3) is 0 Å². The summed E-state index contributed by atoms with van der Waals surface area (Å²) in [4.78, 5) is 10.8. The third-order valence-corrected chi connectivity index (χ3v) is 5.47. The summed E-state index contributed by atoms with van der Waals surface area (Å²) in [5.74, 6) is -2.45. The summed E-state index contributed by atoms with van der Waals surface area (Å²) in [7, 11) is -3.91. The van der Waals surface area contributed by atoms with Crippen LogP contribution < -0.4 is 0 Å². The number of sulfonamides is 1. The highest BCUT2D eigenvalue weighted by Crippen LogP contribution is 2.26. The van der Waals surface area contributed by atoms with E-state index in [1.807, 2.05) is 0 Å². The van der Waals surface area contributed by atoms with E-state index in [0.717, 1.165) is 12.1 Å². The molecular weight excluding hydrogens is 313 g/mol. The summed E-state index contributed by atoms with van der Waals surface area (Å²) >= 11 is 0. The van der Waals surface area contributed by atoms with Crippen LogP contribution in [0.4, 0.5) is 4.39 Å². The van der Waals surface area contributed by atoms with Crippen molar-refractivity contribution in [3.8, 4) is 0 Å². The maximum absolute atomic E-state index is 13.6. The standard InChI is InChI=1S/C14H18FNO5S/c1-8-4-12(15)11(14(17)18)5-13(8)22(19,20)16-6-9(2)21-10(3)7-16/h4-5,9-10H,6-7H2,1-3H3,(H,17,18). The highest BCUT2D eigenvalue weighted by Gasteiger charge is 2.34. The maximum atomic E-state index is 13.6. The van der Waals surface area contributed by atoms with Crippen molar-refractivity contribution in [2.45, 2.75) is 37.9 Å².